The smallest absolute Gasteiger partial charge is 0.170 e. The van der Waals surface area contributed by atoms with E-state index in [-0.39, 0.29) is 11.7 Å². The SMILES string of the molecule is CC(C)c1nc(N=[S@@](C)(=O)c2ccccc2)c2cc(N)c(C=N)cc2c1-c1ccc(F)cc1. The summed E-state index contributed by atoms with van der Waals surface area (Å²) < 4.78 is 31.8. The van der Waals surface area contributed by atoms with E-state index in [9.17, 15) is 8.60 Å². The number of nitrogens with one attached hydrogen (secondary N) is 1. The second-order valence-corrected chi connectivity index (χ2v) is 10.5. The fourth-order valence-corrected chi connectivity index (χ4v) is 5.05. The summed E-state index contributed by atoms with van der Waals surface area (Å²) in [5.74, 6) is 0.0138. The molecule has 0 spiro atoms. The summed E-state index contributed by atoms with van der Waals surface area (Å²) in [6.07, 6.45) is 2.79. The number of nitrogens with zero attached hydrogens (tertiary/aromatic N) is 2. The Labute approximate surface area is 193 Å². The van der Waals surface area contributed by atoms with Crippen molar-refractivity contribution < 1.29 is 8.60 Å². The lowest BCUT2D eigenvalue weighted by Crippen LogP contribution is -2.03. The summed E-state index contributed by atoms with van der Waals surface area (Å²) >= 11 is 0. The molecule has 0 saturated carbocycles. The van der Waals surface area contributed by atoms with Gasteiger partial charge in [-0.3, -0.25) is 0 Å². The minimum absolute atomic E-state index is 0.00835. The Balaban J connectivity index is 2.14. The van der Waals surface area contributed by atoms with E-state index in [1.807, 2.05) is 38.1 Å². The standard InChI is InChI=1S/C26H25FN4OS/c1-16(2)25-24(17-9-11-19(27)12-10-17)21-13-18(15-28)23(29)14-22(21)26(30-25)31-33(3,32)20-7-5-4-6-8-20/h4-16,28H,29H2,1-3H3/t33-/m0/s1. The second-order valence-electron chi connectivity index (χ2n) is 8.24. The van der Waals surface area contributed by atoms with Crippen molar-refractivity contribution in [3.8, 4) is 11.1 Å². The number of pyridine rings is 1. The number of hydrogen-bond donors (Lipinski definition) is 2. The zero-order valence-electron chi connectivity index (χ0n) is 18.7. The summed E-state index contributed by atoms with van der Waals surface area (Å²) in [4.78, 5) is 5.46. The molecule has 168 valence electrons. The molecule has 4 aromatic rings. The summed E-state index contributed by atoms with van der Waals surface area (Å²) in [6, 6.07) is 18.9. The van der Waals surface area contributed by atoms with Crippen LogP contribution in [0, 0.1) is 11.2 Å². The van der Waals surface area contributed by atoms with E-state index < -0.39 is 9.73 Å². The summed E-state index contributed by atoms with van der Waals surface area (Å²) in [5.41, 5.74) is 9.53. The van der Waals surface area contributed by atoms with E-state index >= 15 is 0 Å². The van der Waals surface area contributed by atoms with Gasteiger partial charge in [0.05, 0.1) is 15.4 Å². The molecule has 0 unspecified atom stereocenters. The molecule has 0 radical (unpaired) electrons. The molecule has 0 aliphatic heterocycles. The van der Waals surface area contributed by atoms with Gasteiger partial charge in [-0.05, 0) is 53.3 Å². The molecule has 1 aromatic heterocycles. The van der Waals surface area contributed by atoms with Gasteiger partial charge in [-0.2, -0.15) is 4.36 Å². The molecule has 0 aliphatic rings. The van der Waals surface area contributed by atoms with Gasteiger partial charge in [0.25, 0.3) is 0 Å². The number of anilines is 1. The number of aromatic nitrogens is 1. The fourth-order valence-electron chi connectivity index (χ4n) is 3.82. The summed E-state index contributed by atoms with van der Waals surface area (Å²) in [6.45, 7) is 4.03. The minimum Gasteiger partial charge on any atom is -0.398 e. The third-order valence-electron chi connectivity index (χ3n) is 5.49. The highest BCUT2D eigenvalue weighted by Gasteiger charge is 2.20. The molecule has 1 heterocycles. The van der Waals surface area contributed by atoms with Gasteiger partial charge in [0, 0.05) is 39.6 Å². The molecule has 0 aliphatic carbocycles. The molecular formula is C26H25FN4OS. The van der Waals surface area contributed by atoms with Gasteiger partial charge in [-0.25, -0.2) is 13.6 Å². The van der Waals surface area contributed by atoms with Gasteiger partial charge in [0.2, 0.25) is 0 Å². The van der Waals surface area contributed by atoms with Crippen LogP contribution in [0.2, 0.25) is 0 Å². The summed E-state index contributed by atoms with van der Waals surface area (Å²) in [5, 5.41) is 9.18. The van der Waals surface area contributed by atoms with Gasteiger partial charge in [0.15, 0.2) is 5.82 Å². The zero-order chi connectivity index (χ0) is 23.8. The van der Waals surface area contributed by atoms with Crippen LogP contribution in [0.15, 0.2) is 76.0 Å². The lowest BCUT2D eigenvalue weighted by Gasteiger charge is -2.18. The Morgan fingerprint density at radius 1 is 1.06 bits per heavy atom. The maximum absolute atomic E-state index is 13.6. The predicted octanol–water partition coefficient (Wildman–Crippen LogP) is 6.53. The normalized spacial score (nSPS) is 13.1. The van der Waals surface area contributed by atoms with Crippen molar-refractivity contribution in [3.63, 3.8) is 0 Å². The van der Waals surface area contributed by atoms with E-state index in [2.05, 4.69) is 4.36 Å². The first-order valence-corrected chi connectivity index (χ1v) is 12.4. The number of fused-ring (bicyclic) bond motifs is 1. The molecule has 0 saturated heterocycles. The van der Waals surface area contributed by atoms with Crippen LogP contribution in [-0.2, 0) is 9.73 Å². The highest BCUT2D eigenvalue weighted by molar-refractivity contribution is 7.93. The molecule has 1 atom stereocenters. The van der Waals surface area contributed by atoms with Crippen molar-refractivity contribution in [2.45, 2.75) is 24.7 Å². The van der Waals surface area contributed by atoms with Crippen LogP contribution in [0.1, 0.15) is 31.0 Å². The molecular weight excluding hydrogens is 435 g/mol. The van der Waals surface area contributed by atoms with Crippen molar-refractivity contribution in [3.05, 3.63) is 83.8 Å². The Morgan fingerprint density at radius 2 is 1.73 bits per heavy atom. The van der Waals surface area contributed by atoms with Crippen LogP contribution in [0.5, 0.6) is 0 Å². The Hall–Kier alpha value is -3.58. The monoisotopic (exact) mass is 460 g/mol. The van der Waals surface area contributed by atoms with Crippen LogP contribution in [0.25, 0.3) is 21.9 Å². The number of hydrogen-bond acceptors (Lipinski definition) is 5. The number of benzene rings is 3. The van der Waals surface area contributed by atoms with Crippen molar-refractivity contribution in [1.82, 2.24) is 4.98 Å². The van der Waals surface area contributed by atoms with Crippen molar-refractivity contribution in [2.75, 3.05) is 12.0 Å². The quantitative estimate of drug-likeness (QED) is 0.262. The fraction of sp³-hybridized carbons (Fsp3) is 0.154. The molecule has 0 fully saturated rings. The van der Waals surface area contributed by atoms with Crippen molar-refractivity contribution in [2.24, 2.45) is 4.36 Å². The van der Waals surface area contributed by atoms with E-state index in [0.29, 0.717) is 27.4 Å². The third-order valence-corrected chi connectivity index (χ3v) is 7.16. The lowest BCUT2D eigenvalue weighted by molar-refractivity contribution is 0.628. The number of nitrogens with two attached hydrogens (primary N) is 1. The van der Waals surface area contributed by atoms with Crippen LogP contribution in [0.4, 0.5) is 15.9 Å². The topological polar surface area (TPSA) is 92.2 Å². The Kier molecular flexibility index (Phi) is 5.99. The van der Waals surface area contributed by atoms with Gasteiger partial charge >= 0.3 is 0 Å². The first-order valence-electron chi connectivity index (χ1n) is 10.5. The third kappa shape index (κ3) is 4.36. The van der Waals surface area contributed by atoms with Gasteiger partial charge < -0.3 is 11.1 Å². The minimum atomic E-state index is -2.78. The number of halogens is 1. The Bertz CT molecular complexity index is 1470. The van der Waals surface area contributed by atoms with Crippen molar-refractivity contribution >= 4 is 38.2 Å². The van der Waals surface area contributed by atoms with E-state index in [1.165, 1.54) is 18.3 Å². The maximum Gasteiger partial charge on any atom is 0.170 e. The van der Waals surface area contributed by atoms with Gasteiger partial charge in [0.1, 0.15) is 5.82 Å². The average Bonchev–Trinajstić information content (AvgIpc) is 2.79. The molecule has 33 heavy (non-hydrogen) atoms. The van der Waals surface area contributed by atoms with Crippen LogP contribution < -0.4 is 5.73 Å². The predicted molar refractivity (Wildman–Crippen MR) is 134 cm³/mol. The average molecular weight is 461 g/mol. The first-order chi connectivity index (χ1) is 15.7. The molecule has 3 aromatic carbocycles. The van der Waals surface area contributed by atoms with E-state index in [0.717, 1.165) is 22.2 Å². The van der Waals surface area contributed by atoms with Crippen LogP contribution in [0.3, 0.4) is 0 Å². The Morgan fingerprint density at radius 3 is 2.33 bits per heavy atom. The molecule has 0 bridgehead atoms. The first kappa shape index (κ1) is 22.6. The van der Waals surface area contributed by atoms with Gasteiger partial charge in [-0.1, -0.05) is 44.2 Å². The lowest BCUT2D eigenvalue weighted by atomic mass is 9.91. The molecule has 7 heteroatoms. The molecule has 4 rings (SSSR count). The maximum atomic E-state index is 13.6. The van der Waals surface area contributed by atoms with Crippen molar-refractivity contribution in [1.29, 1.82) is 5.41 Å². The summed E-state index contributed by atoms with van der Waals surface area (Å²) in [7, 11) is -2.78. The number of rotatable bonds is 5. The molecule has 0 amide bonds. The van der Waals surface area contributed by atoms with Gasteiger partial charge in [-0.15, -0.1) is 0 Å². The highest BCUT2D eigenvalue weighted by Crippen LogP contribution is 2.41. The van der Waals surface area contributed by atoms with E-state index in [4.69, 9.17) is 16.1 Å². The van der Waals surface area contributed by atoms with E-state index in [1.54, 1.807) is 36.6 Å². The zero-order valence-corrected chi connectivity index (χ0v) is 19.5. The van der Waals surface area contributed by atoms with Crippen LogP contribution in [-0.4, -0.2) is 21.7 Å². The van der Waals surface area contributed by atoms with Crippen LogP contribution >= 0.6 is 0 Å². The highest BCUT2D eigenvalue weighted by atomic mass is 32.2. The second kappa shape index (κ2) is 8.75. The molecule has 3 N–H and O–H groups in total. The molecule has 5 nitrogen and oxygen atoms in total. The number of nitrogen functional groups attached to an aromatic ring is 1. The largest absolute Gasteiger partial charge is 0.398 e.